The van der Waals surface area contributed by atoms with Crippen LogP contribution in [-0.4, -0.2) is 63.2 Å². The van der Waals surface area contributed by atoms with Crippen LogP contribution in [0.25, 0.3) is 0 Å². The Morgan fingerprint density at radius 2 is 2.00 bits per heavy atom. The van der Waals surface area contributed by atoms with Crippen LogP contribution < -0.4 is 9.47 Å². The summed E-state index contributed by atoms with van der Waals surface area (Å²) in [5, 5.41) is 10.7. The quantitative estimate of drug-likeness (QED) is 0.786. The maximum absolute atomic E-state index is 10.7. The molecule has 1 aromatic rings. The molecule has 4 aliphatic rings. The lowest BCUT2D eigenvalue weighted by molar-refractivity contribution is -0.0575. The van der Waals surface area contributed by atoms with E-state index in [0.29, 0.717) is 6.04 Å². The zero-order chi connectivity index (χ0) is 17.8. The Morgan fingerprint density at radius 3 is 2.72 bits per heavy atom. The van der Waals surface area contributed by atoms with Gasteiger partial charge in [0.05, 0.1) is 13.2 Å². The van der Waals surface area contributed by atoms with Crippen LogP contribution in [0.15, 0.2) is 24.3 Å². The molecule has 2 aliphatic heterocycles. The normalized spacial score (nSPS) is 36.8. The molecule has 0 aromatic heterocycles. The first kappa shape index (κ1) is 16.9. The summed E-state index contributed by atoms with van der Waals surface area (Å²) in [6, 6.07) is 4.60. The summed E-state index contributed by atoms with van der Waals surface area (Å²) in [7, 11) is 7.13. The molecular weight excluding hydrogens is 318 g/mol. The summed E-state index contributed by atoms with van der Waals surface area (Å²) in [6.07, 6.45) is 5.65. The second-order valence-corrected chi connectivity index (χ2v) is 7.52. The standard InChI is InChI=1S/C18H21NO3.C2H6O/c1-19-8-7-18-14-6-4-12(20)16(18)11(19)9-10-3-5-13(21-2)17(22-14)15(10)18;1-3-2/h3-6,11-12,14,16,20H,7-9H2,1-2H3;1-2H3/t11-,12+,14+,16-,18-;/m1./s1. The number of benzene rings is 1. The Balaban J connectivity index is 0.000000490. The SMILES string of the molecule is COC.COc1ccc2c3c1O[C@H]1C=C[C@H](O)[C@H]4[C@@H](C2)N(C)CC[C@@]341. The van der Waals surface area contributed by atoms with Gasteiger partial charge in [0.15, 0.2) is 11.5 Å². The van der Waals surface area contributed by atoms with Crippen LogP contribution >= 0.6 is 0 Å². The number of methoxy groups -OCH3 is 2. The van der Waals surface area contributed by atoms with Gasteiger partial charge in [-0.3, -0.25) is 0 Å². The van der Waals surface area contributed by atoms with E-state index in [0.717, 1.165) is 30.9 Å². The van der Waals surface area contributed by atoms with Crippen molar-refractivity contribution in [1.29, 1.82) is 0 Å². The van der Waals surface area contributed by atoms with Crippen molar-refractivity contribution in [2.75, 3.05) is 34.9 Å². The lowest BCUT2D eigenvalue weighted by Gasteiger charge is -2.57. The molecule has 1 fully saturated rings. The van der Waals surface area contributed by atoms with E-state index in [4.69, 9.17) is 9.47 Å². The molecule has 5 rings (SSSR count). The number of aliphatic hydroxyl groups is 1. The molecular formula is C20H27NO4. The van der Waals surface area contributed by atoms with Crippen molar-refractivity contribution in [2.45, 2.75) is 36.5 Å². The highest BCUT2D eigenvalue weighted by atomic mass is 16.5. The minimum Gasteiger partial charge on any atom is -0.493 e. The molecule has 1 N–H and O–H groups in total. The largest absolute Gasteiger partial charge is 0.493 e. The number of likely N-dealkylation sites (N-methyl/N-ethyl adjacent to an activating group) is 1. The second kappa shape index (κ2) is 6.01. The average molecular weight is 345 g/mol. The summed E-state index contributed by atoms with van der Waals surface area (Å²) < 4.78 is 16.1. The molecule has 1 aromatic carbocycles. The van der Waals surface area contributed by atoms with Crippen LogP contribution in [0.2, 0.25) is 0 Å². The Bertz CT molecular complexity index is 703. The lowest BCUT2D eigenvalue weighted by Crippen LogP contribution is -2.65. The van der Waals surface area contributed by atoms with Gasteiger partial charge in [0.2, 0.25) is 0 Å². The van der Waals surface area contributed by atoms with Gasteiger partial charge < -0.3 is 24.2 Å². The van der Waals surface area contributed by atoms with Gasteiger partial charge in [-0.1, -0.05) is 12.1 Å². The number of nitrogens with zero attached hydrogens (tertiary/aromatic N) is 1. The van der Waals surface area contributed by atoms with Crippen molar-refractivity contribution >= 4 is 0 Å². The number of rotatable bonds is 1. The fraction of sp³-hybridized carbons (Fsp3) is 0.600. The Hall–Kier alpha value is -1.56. The smallest absolute Gasteiger partial charge is 0.166 e. The molecule has 1 spiro atoms. The lowest BCUT2D eigenvalue weighted by atomic mass is 9.52. The molecule has 0 saturated carbocycles. The van der Waals surface area contributed by atoms with Crippen LogP contribution in [0.5, 0.6) is 11.5 Å². The number of hydrogen-bond donors (Lipinski definition) is 1. The van der Waals surface area contributed by atoms with Crippen LogP contribution in [0.4, 0.5) is 0 Å². The van der Waals surface area contributed by atoms with Crippen molar-refractivity contribution in [3.8, 4) is 11.5 Å². The summed E-state index contributed by atoms with van der Waals surface area (Å²) in [5.41, 5.74) is 2.60. The number of aliphatic hydroxyl groups excluding tert-OH is 1. The number of likely N-dealkylation sites (tertiary alicyclic amines) is 1. The molecule has 2 aliphatic carbocycles. The predicted octanol–water partition coefficient (Wildman–Crippen LogP) is 1.76. The summed E-state index contributed by atoms with van der Waals surface area (Å²) in [5.74, 6) is 1.94. The molecule has 2 heterocycles. The predicted molar refractivity (Wildman–Crippen MR) is 95.4 cm³/mol. The van der Waals surface area contributed by atoms with Gasteiger partial charge in [-0.25, -0.2) is 0 Å². The zero-order valence-electron chi connectivity index (χ0n) is 15.4. The molecule has 0 unspecified atom stereocenters. The third kappa shape index (κ3) is 2.12. The van der Waals surface area contributed by atoms with Crippen molar-refractivity contribution < 1.29 is 19.3 Å². The molecule has 1 saturated heterocycles. The van der Waals surface area contributed by atoms with Crippen LogP contribution in [0.1, 0.15) is 17.5 Å². The molecule has 136 valence electrons. The molecule has 5 heteroatoms. The van der Waals surface area contributed by atoms with E-state index >= 15 is 0 Å². The molecule has 25 heavy (non-hydrogen) atoms. The highest BCUT2D eigenvalue weighted by molar-refractivity contribution is 5.62. The first-order valence-electron chi connectivity index (χ1n) is 8.92. The minimum absolute atomic E-state index is 0.0300. The molecule has 5 atom stereocenters. The summed E-state index contributed by atoms with van der Waals surface area (Å²) in [6.45, 7) is 1.05. The first-order valence-corrected chi connectivity index (χ1v) is 8.92. The van der Waals surface area contributed by atoms with Gasteiger partial charge in [-0.15, -0.1) is 0 Å². The molecule has 2 bridgehead atoms. The topological polar surface area (TPSA) is 51.2 Å². The highest BCUT2D eigenvalue weighted by Gasteiger charge is 2.64. The van der Waals surface area contributed by atoms with Crippen molar-refractivity contribution in [1.82, 2.24) is 4.90 Å². The van der Waals surface area contributed by atoms with E-state index < -0.39 is 6.10 Å². The van der Waals surface area contributed by atoms with E-state index in [2.05, 4.69) is 28.8 Å². The minimum atomic E-state index is -0.391. The average Bonchev–Trinajstić information content (AvgIpc) is 2.94. The van der Waals surface area contributed by atoms with Crippen molar-refractivity contribution in [3.63, 3.8) is 0 Å². The van der Waals surface area contributed by atoms with Crippen LogP contribution in [-0.2, 0) is 16.6 Å². The van der Waals surface area contributed by atoms with E-state index in [1.54, 1.807) is 21.3 Å². The maximum atomic E-state index is 10.7. The Kier molecular flexibility index (Phi) is 4.06. The first-order chi connectivity index (χ1) is 12.1. The van der Waals surface area contributed by atoms with Gasteiger partial charge in [-0.05, 0) is 44.1 Å². The molecule has 0 amide bonds. The van der Waals surface area contributed by atoms with Crippen molar-refractivity contribution in [2.24, 2.45) is 5.92 Å². The van der Waals surface area contributed by atoms with Crippen LogP contribution in [0.3, 0.4) is 0 Å². The fourth-order valence-electron chi connectivity index (χ4n) is 5.46. The second-order valence-electron chi connectivity index (χ2n) is 7.52. The summed E-state index contributed by atoms with van der Waals surface area (Å²) in [4.78, 5) is 2.42. The Morgan fingerprint density at radius 1 is 1.24 bits per heavy atom. The fourth-order valence-corrected chi connectivity index (χ4v) is 5.46. The van der Waals surface area contributed by atoms with Gasteiger partial charge in [0.25, 0.3) is 0 Å². The number of ether oxygens (including phenoxy) is 3. The van der Waals surface area contributed by atoms with Gasteiger partial charge in [0.1, 0.15) is 6.10 Å². The highest BCUT2D eigenvalue weighted by Crippen LogP contribution is 2.62. The molecule has 5 nitrogen and oxygen atoms in total. The third-order valence-electron chi connectivity index (χ3n) is 6.38. The van der Waals surface area contributed by atoms with E-state index in [1.165, 1.54) is 11.1 Å². The third-order valence-corrected chi connectivity index (χ3v) is 6.38. The van der Waals surface area contributed by atoms with Gasteiger partial charge >= 0.3 is 0 Å². The summed E-state index contributed by atoms with van der Waals surface area (Å²) >= 11 is 0. The monoisotopic (exact) mass is 345 g/mol. The zero-order valence-corrected chi connectivity index (χ0v) is 15.4. The van der Waals surface area contributed by atoms with E-state index in [-0.39, 0.29) is 17.4 Å². The maximum Gasteiger partial charge on any atom is 0.166 e. The Labute approximate surface area is 149 Å². The van der Waals surface area contributed by atoms with Gasteiger partial charge in [-0.2, -0.15) is 0 Å². The van der Waals surface area contributed by atoms with Crippen molar-refractivity contribution in [3.05, 3.63) is 35.4 Å². The molecule has 0 radical (unpaired) electrons. The number of hydrogen-bond acceptors (Lipinski definition) is 5. The van der Waals surface area contributed by atoms with E-state index in [9.17, 15) is 5.11 Å². The van der Waals surface area contributed by atoms with E-state index in [1.807, 2.05) is 12.1 Å². The van der Waals surface area contributed by atoms with Gasteiger partial charge in [0, 0.05) is 37.2 Å². The van der Waals surface area contributed by atoms with Crippen LogP contribution in [0, 0.1) is 5.92 Å². The number of piperidine rings is 1.